The van der Waals surface area contributed by atoms with Gasteiger partial charge in [0.05, 0.1) is 5.02 Å². The molecule has 6 aromatic rings. The number of hydrogen-bond donors (Lipinski definition) is 1. The van der Waals surface area contributed by atoms with Crippen molar-refractivity contribution in [1.29, 1.82) is 0 Å². The average Bonchev–Trinajstić information content (AvgIpc) is 3.59. The summed E-state index contributed by atoms with van der Waals surface area (Å²) in [6.07, 6.45) is 3.44. The second-order valence-electron chi connectivity index (χ2n) is 9.68. The van der Waals surface area contributed by atoms with Crippen LogP contribution in [0.2, 0.25) is 5.02 Å². The minimum atomic E-state index is 0.492. The number of aryl methyl sites for hydroxylation is 1. The first-order valence-corrected chi connectivity index (χ1v) is 13.3. The molecule has 1 fully saturated rings. The summed E-state index contributed by atoms with van der Waals surface area (Å²) < 4.78 is 7.59. The molecule has 0 spiro atoms. The van der Waals surface area contributed by atoms with Crippen molar-refractivity contribution in [3.8, 4) is 11.1 Å². The highest BCUT2D eigenvalue weighted by Crippen LogP contribution is 2.36. The van der Waals surface area contributed by atoms with Gasteiger partial charge >= 0.3 is 0 Å². The molecule has 11 heteroatoms. The molecule has 39 heavy (non-hydrogen) atoms. The molecule has 5 heterocycles. The van der Waals surface area contributed by atoms with Gasteiger partial charge in [-0.25, -0.2) is 9.97 Å². The van der Waals surface area contributed by atoms with E-state index in [0.29, 0.717) is 39.3 Å². The molecule has 1 N–H and O–H groups in total. The molecule has 1 aliphatic rings. The predicted octanol–water partition coefficient (Wildman–Crippen LogP) is 5.33. The normalized spacial score (nSPS) is 14.6. The van der Waals surface area contributed by atoms with Gasteiger partial charge in [-0.3, -0.25) is 4.40 Å². The quantitative estimate of drug-likeness (QED) is 0.311. The number of nitrogens with zero attached hydrogens (tertiary/aromatic N) is 8. The molecule has 7 rings (SSSR count). The number of pyridine rings is 1. The summed E-state index contributed by atoms with van der Waals surface area (Å²) in [5, 5.41) is 13.2. The molecule has 0 saturated carbocycles. The van der Waals surface area contributed by atoms with E-state index in [1.165, 1.54) is 5.69 Å². The van der Waals surface area contributed by atoms with E-state index in [0.717, 1.165) is 54.9 Å². The Labute approximate surface area is 229 Å². The monoisotopic (exact) mass is 539 g/mol. The van der Waals surface area contributed by atoms with Crippen LogP contribution < -0.4 is 10.2 Å². The number of anilines is 3. The van der Waals surface area contributed by atoms with Gasteiger partial charge in [0.15, 0.2) is 22.8 Å². The summed E-state index contributed by atoms with van der Waals surface area (Å²) in [6, 6.07) is 14.1. The second kappa shape index (κ2) is 9.48. The number of fused-ring (bicyclic) bond motifs is 4. The first-order chi connectivity index (χ1) is 19.1. The molecular weight excluding hydrogens is 514 g/mol. The van der Waals surface area contributed by atoms with Gasteiger partial charge in [0.1, 0.15) is 11.8 Å². The fourth-order valence-corrected chi connectivity index (χ4v) is 5.47. The van der Waals surface area contributed by atoms with Gasteiger partial charge in [0.2, 0.25) is 5.95 Å². The average molecular weight is 540 g/mol. The van der Waals surface area contributed by atoms with Gasteiger partial charge in [0, 0.05) is 67.2 Å². The van der Waals surface area contributed by atoms with Crippen LogP contribution in [0.1, 0.15) is 12.8 Å². The highest BCUT2D eigenvalue weighted by Gasteiger charge is 2.18. The molecule has 0 bridgehead atoms. The van der Waals surface area contributed by atoms with Gasteiger partial charge in [-0.2, -0.15) is 4.98 Å². The van der Waals surface area contributed by atoms with Crippen LogP contribution in [-0.2, 0) is 0 Å². The topological polar surface area (TPSA) is 101 Å². The van der Waals surface area contributed by atoms with Crippen molar-refractivity contribution in [3.63, 3.8) is 0 Å². The first-order valence-electron chi connectivity index (χ1n) is 13.0. The van der Waals surface area contributed by atoms with Crippen LogP contribution in [0.5, 0.6) is 0 Å². The minimum Gasteiger partial charge on any atom is -0.441 e. The number of nitrogens with one attached hydrogen (secondary N) is 1. The molecule has 196 valence electrons. The molecule has 0 unspecified atom stereocenters. The number of rotatable bonds is 5. The zero-order chi connectivity index (χ0) is 26.5. The number of halogens is 1. The zero-order valence-corrected chi connectivity index (χ0v) is 22.4. The first kappa shape index (κ1) is 23.8. The molecule has 4 aromatic heterocycles. The lowest BCUT2D eigenvalue weighted by Crippen LogP contribution is -2.46. The fraction of sp³-hybridized carbons (Fsp3) is 0.250. The third kappa shape index (κ3) is 4.31. The Kier molecular flexibility index (Phi) is 5.79. The lowest BCUT2D eigenvalue weighted by molar-refractivity contribution is 0.271. The number of oxazole rings is 1. The maximum atomic E-state index is 6.67. The number of piperazine rings is 1. The van der Waals surface area contributed by atoms with E-state index in [1.54, 1.807) is 18.6 Å². The van der Waals surface area contributed by atoms with Crippen molar-refractivity contribution in [2.45, 2.75) is 13.8 Å². The third-order valence-electron chi connectivity index (χ3n) is 7.30. The van der Waals surface area contributed by atoms with Crippen molar-refractivity contribution in [1.82, 2.24) is 34.4 Å². The van der Waals surface area contributed by atoms with Crippen molar-refractivity contribution in [2.75, 3.05) is 42.9 Å². The van der Waals surface area contributed by atoms with Crippen molar-refractivity contribution in [3.05, 3.63) is 65.9 Å². The molecule has 0 amide bonds. The van der Waals surface area contributed by atoms with Gasteiger partial charge < -0.3 is 19.5 Å². The van der Waals surface area contributed by atoms with E-state index < -0.39 is 0 Å². The summed E-state index contributed by atoms with van der Waals surface area (Å²) in [5.41, 5.74) is 6.43. The Morgan fingerprint density at radius 2 is 1.79 bits per heavy atom. The smallest absolute Gasteiger partial charge is 0.229 e. The largest absolute Gasteiger partial charge is 0.441 e. The summed E-state index contributed by atoms with van der Waals surface area (Å²) in [7, 11) is 0. The Morgan fingerprint density at radius 3 is 2.59 bits per heavy atom. The Balaban J connectivity index is 1.19. The van der Waals surface area contributed by atoms with E-state index in [9.17, 15) is 0 Å². The molecule has 0 aliphatic carbocycles. The molecule has 1 aliphatic heterocycles. The van der Waals surface area contributed by atoms with Crippen LogP contribution in [0, 0.1) is 6.92 Å². The Bertz CT molecular complexity index is 1820. The van der Waals surface area contributed by atoms with E-state index in [4.69, 9.17) is 21.0 Å². The lowest BCUT2D eigenvalue weighted by Gasteiger charge is -2.35. The van der Waals surface area contributed by atoms with Gasteiger partial charge in [0.25, 0.3) is 0 Å². The zero-order valence-electron chi connectivity index (χ0n) is 21.6. The number of benzene rings is 2. The number of likely N-dealkylation sites (N-methyl/N-ethyl adjacent to an activating group) is 1. The van der Waals surface area contributed by atoms with Crippen LogP contribution in [-0.4, -0.2) is 67.2 Å². The van der Waals surface area contributed by atoms with Crippen LogP contribution in [0.3, 0.4) is 0 Å². The summed E-state index contributed by atoms with van der Waals surface area (Å²) in [4.78, 5) is 18.7. The van der Waals surface area contributed by atoms with Crippen molar-refractivity contribution in [2.24, 2.45) is 0 Å². The lowest BCUT2D eigenvalue weighted by atomic mass is 10.1. The molecular formula is C28H26ClN9O. The highest BCUT2D eigenvalue weighted by atomic mass is 35.5. The van der Waals surface area contributed by atoms with Crippen LogP contribution in [0.15, 0.2) is 59.4 Å². The highest BCUT2D eigenvalue weighted by molar-refractivity contribution is 6.34. The molecule has 1 saturated heterocycles. The predicted molar refractivity (Wildman–Crippen MR) is 153 cm³/mol. The van der Waals surface area contributed by atoms with Gasteiger partial charge in [-0.15, -0.1) is 10.2 Å². The van der Waals surface area contributed by atoms with Crippen LogP contribution >= 0.6 is 11.6 Å². The maximum Gasteiger partial charge on any atom is 0.229 e. The fourth-order valence-electron chi connectivity index (χ4n) is 5.21. The Hall–Kier alpha value is -4.28. The standard InChI is InChI=1S/C28H26ClN9O/c1-3-36-8-10-37(11-9-36)20-6-4-19(5-7-20)33-28-30-15-18-12-22(27-35-31-16-38(27)26(18)34-28)21-13-25-24(14-23(21)29)32-17(2)39-25/h4-7,12-16H,3,8-11H2,1-2H3,(H,30,33,34). The second-order valence-corrected chi connectivity index (χ2v) is 10.1. The van der Waals surface area contributed by atoms with Crippen LogP contribution in [0.25, 0.3) is 38.9 Å². The molecule has 10 nitrogen and oxygen atoms in total. The van der Waals surface area contributed by atoms with Gasteiger partial charge in [-0.1, -0.05) is 18.5 Å². The van der Waals surface area contributed by atoms with E-state index in [-0.39, 0.29) is 0 Å². The van der Waals surface area contributed by atoms with Crippen molar-refractivity contribution < 1.29 is 4.42 Å². The summed E-state index contributed by atoms with van der Waals surface area (Å²) >= 11 is 6.67. The van der Waals surface area contributed by atoms with E-state index in [1.807, 2.05) is 23.5 Å². The molecule has 0 radical (unpaired) electrons. The van der Waals surface area contributed by atoms with E-state index in [2.05, 4.69) is 66.5 Å². The van der Waals surface area contributed by atoms with E-state index >= 15 is 0 Å². The number of hydrogen-bond acceptors (Lipinski definition) is 9. The maximum absolute atomic E-state index is 6.67. The SMILES string of the molecule is CCN1CCN(c2ccc(Nc3ncc4cc(-c5cc6oc(C)nc6cc5Cl)c5nncn5c4n3)cc2)CC1. The summed E-state index contributed by atoms with van der Waals surface area (Å²) in [6.45, 7) is 9.42. The molecule has 0 atom stereocenters. The van der Waals surface area contributed by atoms with Crippen molar-refractivity contribution >= 4 is 56.7 Å². The third-order valence-corrected chi connectivity index (χ3v) is 7.61. The molecule has 2 aromatic carbocycles. The Morgan fingerprint density at radius 1 is 0.974 bits per heavy atom. The van der Waals surface area contributed by atoms with Crippen LogP contribution in [0.4, 0.5) is 17.3 Å². The number of aromatic nitrogens is 6. The van der Waals surface area contributed by atoms with Gasteiger partial charge in [-0.05, 0) is 49.0 Å². The minimum absolute atomic E-state index is 0.492. The summed E-state index contributed by atoms with van der Waals surface area (Å²) in [5.74, 6) is 1.08.